The van der Waals surface area contributed by atoms with Crippen LogP contribution in [0.2, 0.25) is 0 Å². The average molecular weight is 162 g/mol. The first-order valence-electron chi connectivity index (χ1n) is 3.41. The number of hydrogen-bond acceptors (Lipinski definition) is 4. The molecule has 4 heteroatoms. The van der Waals surface area contributed by atoms with Gasteiger partial charge in [-0.15, -0.1) is 0 Å². The van der Waals surface area contributed by atoms with Gasteiger partial charge in [-0.2, -0.15) is 0 Å². The molecular weight excluding hydrogens is 156 g/mol. The molecule has 2 aromatic heterocycles. The van der Waals surface area contributed by atoms with Crippen molar-refractivity contribution in [3.05, 3.63) is 24.4 Å². The van der Waals surface area contributed by atoms with Crippen LogP contribution in [0.4, 0.5) is 0 Å². The quantitative estimate of drug-likeness (QED) is 0.607. The molecule has 0 radical (unpaired) electrons. The lowest BCUT2D eigenvalue weighted by atomic mass is 10.3. The van der Waals surface area contributed by atoms with Crippen LogP contribution in [-0.2, 0) is 0 Å². The Hall–Kier alpha value is -1.84. The highest BCUT2D eigenvalue weighted by molar-refractivity contribution is 5.80. The van der Waals surface area contributed by atoms with Gasteiger partial charge in [0.1, 0.15) is 11.3 Å². The Morgan fingerprint density at radius 1 is 1.25 bits per heavy atom. The van der Waals surface area contributed by atoms with Gasteiger partial charge in [0.2, 0.25) is 5.88 Å². The third kappa shape index (κ3) is 0.934. The van der Waals surface area contributed by atoms with Crippen molar-refractivity contribution in [3.63, 3.8) is 0 Å². The number of fused-ring (bicyclic) bond motifs is 1. The molecule has 0 fully saturated rings. The van der Waals surface area contributed by atoms with Crippen LogP contribution < -0.4 is 0 Å². The van der Waals surface area contributed by atoms with Gasteiger partial charge in [0.25, 0.3) is 0 Å². The molecule has 0 bridgehead atoms. The Bertz CT molecular complexity index is 428. The minimum Gasteiger partial charge on any atom is -0.505 e. The van der Waals surface area contributed by atoms with Gasteiger partial charge in [-0.25, -0.2) is 4.98 Å². The predicted octanol–water partition coefficient (Wildman–Crippen LogP) is 1.04. The van der Waals surface area contributed by atoms with Crippen molar-refractivity contribution in [3.8, 4) is 11.6 Å². The van der Waals surface area contributed by atoms with E-state index in [1.165, 1.54) is 0 Å². The van der Waals surface area contributed by atoms with Crippen LogP contribution in [0.3, 0.4) is 0 Å². The second-order valence-corrected chi connectivity index (χ2v) is 2.37. The molecule has 0 saturated heterocycles. The summed E-state index contributed by atoms with van der Waals surface area (Å²) in [7, 11) is 0. The third-order valence-corrected chi connectivity index (χ3v) is 1.53. The molecule has 60 valence electrons. The molecule has 0 aliphatic heterocycles. The lowest BCUT2D eigenvalue weighted by Gasteiger charge is -1.98. The topological polar surface area (TPSA) is 66.2 Å². The van der Waals surface area contributed by atoms with Gasteiger partial charge in [-0.1, -0.05) is 0 Å². The molecule has 4 nitrogen and oxygen atoms in total. The predicted molar refractivity (Wildman–Crippen MR) is 42.9 cm³/mol. The standard InChI is InChI=1S/C8H6N2O2/c11-6-4-7(12)10-5-2-1-3-9-8(5)6/h1-4H,(H2,10,11,12). The van der Waals surface area contributed by atoms with Crippen molar-refractivity contribution in [2.75, 3.05) is 0 Å². The Balaban J connectivity index is 2.89. The third-order valence-electron chi connectivity index (χ3n) is 1.53. The highest BCUT2D eigenvalue weighted by Gasteiger charge is 2.02. The summed E-state index contributed by atoms with van der Waals surface area (Å²) in [6.45, 7) is 0. The van der Waals surface area contributed by atoms with E-state index in [1.54, 1.807) is 18.3 Å². The van der Waals surface area contributed by atoms with E-state index in [4.69, 9.17) is 5.11 Å². The maximum atomic E-state index is 9.29. The molecule has 2 heterocycles. The molecule has 0 aliphatic carbocycles. The summed E-state index contributed by atoms with van der Waals surface area (Å²) in [6, 6.07) is 4.52. The molecule has 0 aromatic carbocycles. The van der Waals surface area contributed by atoms with Gasteiger partial charge < -0.3 is 10.2 Å². The summed E-state index contributed by atoms with van der Waals surface area (Å²) in [5.74, 6) is -0.258. The Morgan fingerprint density at radius 2 is 2.08 bits per heavy atom. The van der Waals surface area contributed by atoms with Gasteiger partial charge in [0.05, 0.1) is 5.52 Å². The Kier molecular flexibility index (Phi) is 1.33. The highest BCUT2D eigenvalue weighted by atomic mass is 16.3. The van der Waals surface area contributed by atoms with Gasteiger partial charge in [-0.3, -0.25) is 4.98 Å². The second kappa shape index (κ2) is 2.34. The molecule has 0 unspecified atom stereocenters. The van der Waals surface area contributed by atoms with E-state index in [-0.39, 0.29) is 11.6 Å². The van der Waals surface area contributed by atoms with Crippen molar-refractivity contribution < 1.29 is 10.2 Å². The zero-order valence-corrected chi connectivity index (χ0v) is 6.10. The van der Waals surface area contributed by atoms with Crippen LogP contribution in [0.15, 0.2) is 24.4 Å². The zero-order valence-electron chi connectivity index (χ0n) is 6.10. The highest BCUT2D eigenvalue weighted by Crippen LogP contribution is 2.23. The van der Waals surface area contributed by atoms with Crippen molar-refractivity contribution in [1.82, 2.24) is 9.97 Å². The molecule has 0 aliphatic rings. The van der Waals surface area contributed by atoms with Crippen LogP contribution in [0.5, 0.6) is 11.6 Å². The summed E-state index contributed by atoms with van der Waals surface area (Å²) in [5.41, 5.74) is 0.880. The molecule has 0 spiro atoms. The average Bonchev–Trinajstić information content (AvgIpc) is 2.04. The fourth-order valence-corrected chi connectivity index (χ4v) is 1.03. The molecular formula is C8H6N2O2. The Morgan fingerprint density at radius 3 is 2.92 bits per heavy atom. The minimum absolute atomic E-state index is 0.0573. The van der Waals surface area contributed by atoms with Crippen LogP contribution in [-0.4, -0.2) is 20.2 Å². The first-order chi connectivity index (χ1) is 5.77. The molecule has 12 heavy (non-hydrogen) atoms. The number of hydrogen-bond donors (Lipinski definition) is 2. The van der Waals surface area contributed by atoms with E-state index in [1.807, 2.05) is 0 Å². The van der Waals surface area contributed by atoms with Gasteiger partial charge in [-0.05, 0) is 12.1 Å². The van der Waals surface area contributed by atoms with E-state index in [9.17, 15) is 5.11 Å². The Labute approximate surface area is 68.1 Å². The lowest BCUT2D eigenvalue weighted by molar-refractivity contribution is 0.440. The van der Waals surface area contributed by atoms with Crippen LogP contribution in [0.25, 0.3) is 11.0 Å². The number of aromatic nitrogens is 2. The molecule has 2 N–H and O–H groups in total. The minimum atomic E-state index is -0.201. The monoisotopic (exact) mass is 162 g/mol. The van der Waals surface area contributed by atoms with E-state index < -0.39 is 0 Å². The maximum absolute atomic E-state index is 9.29. The zero-order chi connectivity index (χ0) is 8.55. The van der Waals surface area contributed by atoms with E-state index in [0.29, 0.717) is 11.0 Å². The van der Waals surface area contributed by atoms with Crippen molar-refractivity contribution in [1.29, 1.82) is 0 Å². The number of nitrogens with zero attached hydrogens (tertiary/aromatic N) is 2. The maximum Gasteiger partial charge on any atom is 0.215 e. The van der Waals surface area contributed by atoms with Gasteiger partial charge in [0.15, 0.2) is 0 Å². The lowest BCUT2D eigenvalue weighted by Crippen LogP contribution is -1.82. The smallest absolute Gasteiger partial charge is 0.215 e. The summed E-state index contributed by atoms with van der Waals surface area (Å²) < 4.78 is 0. The second-order valence-electron chi connectivity index (χ2n) is 2.37. The van der Waals surface area contributed by atoms with Gasteiger partial charge in [0, 0.05) is 12.3 Å². The van der Waals surface area contributed by atoms with E-state index in [2.05, 4.69) is 9.97 Å². The summed E-state index contributed by atoms with van der Waals surface area (Å²) in [4.78, 5) is 7.67. The first kappa shape index (κ1) is 6.84. The van der Waals surface area contributed by atoms with Crippen molar-refractivity contribution >= 4 is 11.0 Å². The molecule has 2 rings (SSSR count). The summed E-state index contributed by atoms with van der Waals surface area (Å²) in [5, 5.41) is 18.3. The number of aromatic hydroxyl groups is 2. The van der Waals surface area contributed by atoms with Crippen LogP contribution >= 0.6 is 0 Å². The van der Waals surface area contributed by atoms with E-state index >= 15 is 0 Å². The largest absolute Gasteiger partial charge is 0.505 e. The van der Waals surface area contributed by atoms with Crippen LogP contribution in [0, 0.1) is 0 Å². The molecule has 0 amide bonds. The first-order valence-corrected chi connectivity index (χ1v) is 3.41. The molecule has 0 atom stereocenters. The van der Waals surface area contributed by atoms with E-state index in [0.717, 1.165) is 6.07 Å². The van der Waals surface area contributed by atoms with Crippen LogP contribution in [0.1, 0.15) is 0 Å². The SMILES string of the molecule is Oc1cc(O)c2ncccc2n1. The summed E-state index contributed by atoms with van der Waals surface area (Å²) >= 11 is 0. The fourth-order valence-electron chi connectivity index (χ4n) is 1.03. The van der Waals surface area contributed by atoms with Crippen molar-refractivity contribution in [2.24, 2.45) is 0 Å². The fraction of sp³-hybridized carbons (Fsp3) is 0. The number of pyridine rings is 2. The number of rotatable bonds is 0. The van der Waals surface area contributed by atoms with Crippen molar-refractivity contribution in [2.45, 2.75) is 0 Å². The van der Waals surface area contributed by atoms with Gasteiger partial charge >= 0.3 is 0 Å². The molecule has 0 saturated carbocycles. The normalized spacial score (nSPS) is 10.3. The molecule has 2 aromatic rings. The summed E-state index contributed by atoms with van der Waals surface area (Å²) in [6.07, 6.45) is 1.56.